The first-order valence-electron chi connectivity index (χ1n) is 3.32. The highest BCUT2D eigenvalue weighted by Crippen LogP contribution is 2.14. The highest BCUT2D eigenvalue weighted by Gasteiger charge is 2.27. The monoisotopic (exact) mass is 145 g/mol. The molecule has 0 amide bonds. The van der Waals surface area contributed by atoms with E-state index in [9.17, 15) is 4.79 Å². The quantitative estimate of drug-likeness (QED) is 0.553. The van der Waals surface area contributed by atoms with Crippen LogP contribution in [0.25, 0.3) is 0 Å². The van der Waals surface area contributed by atoms with Gasteiger partial charge in [-0.25, -0.2) is 0 Å². The molecule has 10 heavy (non-hydrogen) atoms. The van der Waals surface area contributed by atoms with Gasteiger partial charge in [-0.15, -0.1) is 0 Å². The van der Waals surface area contributed by atoms with Crippen molar-refractivity contribution in [3.8, 4) is 0 Å². The van der Waals surface area contributed by atoms with Crippen LogP contribution in [-0.2, 0) is 9.53 Å². The van der Waals surface area contributed by atoms with E-state index in [4.69, 9.17) is 15.6 Å². The van der Waals surface area contributed by atoms with Gasteiger partial charge in [0.2, 0.25) is 0 Å². The Labute approximate surface area is 59.0 Å². The van der Waals surface area contributed by atoms with Crippen molar-refractivity contribution >= 4 is 5.97 Å². The summed E-state index contributed by atoms with van der Waals surface area (Å²) in [6.45, 7) is 0.644. The van der Waals surface area contributed by atoms with E-state index in [2.05, 4.69) is 0 Å². The van der Waals surface area contributed by atoms with Crippen molar-refractivity contribution in [3.05, 3.63) is 0 Å². The number of rotatable bonds is 2. The standard InChI is InChI=1S/C6H11NO3/c7-5(6(8)9)4-2-1-3-10-4/h4-5H,1-3,7H2,(H,8,9)/t4-,5+/m0/s1. The number of ether oxygens (including phenoxy) is 1. The lowest BCUT2D eigenvalue weighted by Gasteiger charge is -2.12. The first-order chi connectivity index (χ1) is 4.72. The molecule has 1 heterocycles. The summed E-state index contributed by atoms with van der Waals surface area (Å²) in [7, 11) is 0. The molecule has 1 aliphatic heterocycles. The van der Waals surface area contributed by atoms with Crippen molar-refractivity contribution in [2.24, 2.45) is 5.73 Å². The molecule has 0 saturated carbocycles. The second kappa shape index (κ2) is 2.98. The van der Waals surface area contributed by atoms with E-state index in [1.165, 1.54) is 0 Å². The highest BCUT2D eigenvalue weighted by molar-refractivity contribution is 5.73. The van der Waals surface area contributed by atoms with E-state index >= 15 is 0 Å². The molecular weight excluding hydrogens is 134 g/mol. The molecule has 0 bridgehead atoms. The third-order valence-corrected chi connectivity index (χ3v) is 1.65. The lowest BCUT2D eigenvalue weighted by atomic mass is 10.1. The maximum absolute atomic E-state index is 10.3. The van der Waals surface area contributed by atoms with E-state index in [0.29, 0.717) is 6.61 Å². The van der Waals surface area contributed by atoms with Gasteiger partial charge in [-0.3, -0.25) is 4.79 Å². The minimum Gasteiger partial charge on any atom is -0.480 e. The van der Waals surface area contributed by atoms with Gasteiger partial charge in [0.05, 0.1) is 6.10 Å². The SMILES string of the molecule is N[C@@H](C(=O)O)[C@@H]1CCCO1. The van der Waals surface area contributed by atoms with Crippen molar-refractivity contribution in [2.75, 3.05) is 6.61 Å². The van der Waals surface area contributed by atoms with Crippen LogP contribution in [0.1, 0.15) is 12.8 Å². The summed E-state index contributed by atoms with van der Waals surface area (Å²) in [5.41, 5.74) is 5.30. The normalized spacial score (nSPS) is 28.3. The number of hydrogen-bond donors (Lipinski definition) is 2. The Morgan fingerprint density at radius 1 is 1.80 bits per heavy atom. The zero-order valence-corrected chi connectivity index (χ0v) is 5.62. The van der Waals surface area contributed by atoms with Crippen LogP contribution in [0.3, 0.4) is 0 Å². The summed E-state index contributed by atoms with van der Waals surface area (Å²) in [5.74, 6) is -0.980. The average Bonchev–Trinajstić information content (AvgIpc) is 2.36. The number of nitrogens with two attached hydrogens (primary N) is 1. The maximum atomic E-state index is 10.3. The van der Waals surface area contributed by atoms with E-state index < -0.39 is 12.0 Å². The summed E-state index contributed by atoms with van der Waals surface area (Å²) < 4.78 is 5.07. The van der Waals surface area contributed by atoms with Gasteiger partial charge in [-0.1, -0.05) is 0 Å². The third kappa shape index (κ3) is 1.46. The third-order valence-electron chi connectivity index (χ3n) is 1.65. The number of carbonyl (C=O) groups is 1. The van der Waals surface area contributed by atoms with Crippen molar-refractivity contribution in [3.63, 3.8) is 0 Å². The molecule has 0 radical (unpaired) electrons. The largest absolute Gasteiger partial charge is 0.480 e. The Hall–Kier alpha value is -0.610. The van der Waals surface area contributed by atoms with Crippen LogP contribution in [-0.4, -0.2) is 29.8 Å². The van der Waals surface area contributed by atoms with Crippen molar-refractivity contribution in [1.29, 1.82) is 0 Å². The summed E-state index contributed by atoms with van der Waals surface area (Å²) >= 11 is 0. The van der Waals surface area contributed by atoms with Gasteiger partial charge in [0.1, 0.15) is 6.04 Å². The van der Waals surface area contributed by atoms with Crippen LogP contribution in [0.15, 0.2) is 0 Å². The Balaban J connectivity index is 2.39. The molecular formula is C6H11NO3. The zero-order valence-electron chi connectivity index (χ0n) is 5.62. The molecule has 0 aliphatic carbocycles. The van der Waals surface area contributed by atoms with Crippen LogP contribution in [0, 0.1) is 0 Å². The van der Waals surface area contributed by atoms with Crippen LogP contribution < -0.4 is 5.73 Å². The van der Waals surface area contributed by atoms with Crippen molar-refractivity contribution in [2.45, 2.75) is 25.0 Å². The van der Waals surface area contributed by atoms with Gasteiger partial charge in [0, 0.05) is 6.61 Å². The van der Waals surface area contributed by atoms with Gasteiger partial charge >= 0.3 is 5.97 Å². The molecule has 0 aromatic rings. The van der Waals surface area contributed by atoms with Gasteiger partial charge < -0.3 is 15.6 Å². The fourth-order valence-electron chi connectivity index (χ4n) is 1.04. The van der Waals surface area contributed by atoms with Crippen LogP contribution in [0.5, 0.6) is 0 Å². The Kier molecular flexibility index (Phi) is 2.24. The summed E-state index contributed by atoms with van der Waals surface area (Å²) in [5, 5.41) is 8.44. The Morgan fingerprint density at radius 3 is 2.90 bits per heavy atom. The molecule has 58 valence electrons. The fraction of sp³-hybridized carbons (Fsp3) is 0.833. The van der Waals surface area contributed by atoms with Crippen molar-refractivity contribution < 1.29 is 14.6 Å². The lowest BCUT2D eigenvalue weighted by molar-refractivity contribution is -0.141. The summed E-state index contributed by atoms with van der Waals surface area (Å²) in [6, 6.07) is -0.845. The Bertz CT molecular complexity index is 131. The number of aliphatic carboxylic acids is 1. The second-order valence-electron chi connectivity index (χ2n) is 2.42. The molecule has 1 rings (SSSR count). The zero-order chi connectivity index (χ0) is 7.56. The van der Waals surface area contributed by atoms with E-state index in [1.54, 1.807) is 0 Å². The molecule has 4 heteroatoms. The molecule has 1 saturated heterocycles. The molecule has 2 atom stereocenters. The molecule has 3 N–H and O–H groups in total. The molecule has 0 aromatic heterocycles. The highest BCUT2D eigenvalue weighted by atomic mass is 16.5. The van der Waals surface area contributed by atoms with Gasteiger partial charge in [0.15, 0.2) is 0 Å². The summed E-state index contributed by atoms with van der Waals surface area (Å²) in [6.07, 6.45) is 1.43. The minimum atomic E-state index is -0.980. The minimum absolute atomic E-state index is 0.266. The fourth-order valence-corrected chi connectivity index (χ4v) is 1.04. The number of hydrogen-bond acceptors (Lipinski definition) is 3. The van der Waals surface area contributed by atoms with Crippen LogP contribution in [0.2, 0.25) is 0 Å². The Morgan fingerprint density at radius 2 is 2.50 bits per heavy atom. The van der Waals surface area contributed by atoms with E-state index in [1.807, 2.05) is 0 Å². The predicted octanol–water partition coefficient (Wildman–Crippen LogP) is -0.423. The predicted molar refractivity (Wildman–Crippen MR) is 34.6 cm³/mol. The maximum Gasteiger partial charge on any atom is 0.323 e. The van der Waals surface area contributed by atoms with Gasteiger partial charge in [-0.05, 0) is 12.8 Å². The number of carboxylic acid groups (broad SMARTS) is 1. The first kappa shape index (κ1) is 7.50. The lowest BCUT2D eigenvalue weighted by Crippen LogP contribution is -2.41. The van der Waals surface area contributed by atoms with E-state index in [0.717, 1.165) is 12.8 Å². The first-order valence-corrected chi connectivity index (χ1v) is 3.32. The van der Waals surface area contributed by atoms with Crippen molar-refractivity contribution in [1.82, 2.24) is 0 Å². The van der Waals surface area contributed by atoms with Gasteiger partial charge in [0.25, 0.3) is 0 Å². The molecule has 4 nitrogen and oxygen atoms in total. The molecule has 0 spiro atoms. The molecule has 1 fully saturated rings. The van der Waals surface area contributed by atoms with Crippen LogP contribution in [0.4, 0.5) is 0 Å². The summed E-state index contributed by atoms with van der Waals surface area (Å²) in [4.78, 5) is 10.3. The average molecular weight is 145 g/mol. The van der Waals surface area contributed by atoms with Gasteiger partial charge in [-0.2, -0.15) is 0 Å². The second-order valence-corrected chi connectivity index (χ2v) is 2.42. The molecule has 0 aromatic carbocycles. The van der Waals surface area contributed by atoms with Crippen LogP contribution >= 0.6 is 0 Å². The topological polar surface area (TPSA) is 72.6 Å². The molecule has 0 unspecified atom stereocenters. The smallest absolute Gasteiger partial charge is 0.323 e. The molecule has 1 aliphatic rings. The number of carboxylic acids is 1. The van der Waals surface area contributed by atoms with E-state index in [-0.39, 0.29) is 6.10 Å².